The van der Waals surface area contributed by atoms with Gasteiger partial charge in [-0.2, -0.15) is 0 Å². The van der Waals surface area contributed by atoms with E-state index in [-0.39, 0.29) is 0 Å². The van der Waals surface area contributed by atoms with Crippen LogP contribution in [0.4, 0.5) is 0 Å². The molecule has 1 nitrogen and oxygen atoms in total. The molecule has 2 heteroatoms. The Morgan fingerprint density at radius 1 is 1.31 bits per heavy atom. The van der Waals surface area contributed by atoms with Gasteiger partial charge < -0.3 is 0 Å². The summed E-state index contributed by atoms with van der Waals surface area (Å²) in [5.41, 5.74) is 1.95. The summed E-state index contributed by atoms with van der Waals surface area (Å²) in [5.74, 6) is 0.775. The molecule has 1 aromatic heterocycles. The second-order valence-corrected chi connectivity index (χ2v) is 4.45. The van der Waals surface area contributed by atoms with Crippen molar-refractivity contribution in [2.24, 2.45) is 0 Å². The number of hydrogen-bond acceptors (Lipinski definition) is 2. The summed E-state index contributed by atoms with van der Waals surface area (Å²) in [6.45, 7) is 4.52. The van der Waals surface area contributed by atoms with Gasteiger partial charge in [0.05, 0.1) is 5.51 Å². The molecule has 1 atom stereocenters. The van der Waals surface area contributed by atoms with Gasteiger partial charge in [0.2, 0.25) is 0 Å². The highest BCUT2D eigenvalue weighted by Crippen LogP contribution is 2.29. The number of rotatable bonds is 6. The zero-order chi connectivity index (χ0) is 9.52. The van der Waals surface area contributed by atoms with Crippen LogP contribution in [0.1, 0.15) is 56.7 Å². The second-order valence-electron chi connectivity index (χ2n) is 3.53. The minimum absolute atomic E-state index is 0.775. The maximum Gasteiger partial charge on any atom is 0.0794 e. The van der Waals surface area contributed by atoms with Gasteiger partial charge in [0.25, 0.3) is 0 Å². The maximum atomic E-state index is 4.15. The van der Waals surface area contributed by atoms with Gasteiger partial charge in [0.15, 0.2) is 0 Å². The van der Waals surface area contributed by atoms with Crippen LogP contribution in [0, 0.1) is 0 Å². The van der Waals surface area contributed by atoms with Gasteiger partial charge in [-0.15, -0.1) is 11.3 Å². The molecular formula is C11H19NS. The third-order valence-electron chi connectivity index (χ3n) is 2.40. The monoisotopic (exact) mass is 197 g/mol. The van der Waals surface area contributed by atoms with E-state index in [1.165, 1.54) is 37.0 Å². The molecule has 0 aliphatic heterocycles. The lowest BCUT2D eigenvalue weighted by Gasteiger charge is -2.12. The SMILES string of the molecule is CCCCC(CCC)c1cncs1. The molecule has 0 saturated carbocycles. The first-order valence-electron chi connectivity index (χ1n) is 5.26. The highest BCUT2D eigenvalue weighted by atomic mass is 32.1. The lowest BCUT2D eigenvalue weighted by atomic mass is 9.96. The Hall–Kier alpha value is -0.370. The number of unbranched alkanes of at least 4 members (excludes halogenated alkanes) is 1. The van der Waals surface area contributed by atoms with Crippen LogP contribution in [0.5, 0.6) is 0 Å². The van der Waals surface area contributed by atoms with Crippen LogP contribution in [0.3, 0.4) is 0 Å². The minimum atomic E-state index is 0.775. The van der Waals surface area contributed by atoms with Gasteiger partial charge in [0.1, 0.15) is 0 Å². The smallest absolute Gasteiger partial charge is 0.0794 e. The third kappa shape index (κ3) is 3.47. The van der Waals surface area contributed by atoms with Crippen LogP contribution in [0.2, 0.25) is 0 Å². The van der Waals surface area contributed by atoms with Gasteiger partial charge in [-0.05, 0) is 18.8 Å². The molecule has 0 amide bonds. The molecule has 0 saturated heterocycles. The summed E-state index contributed by atoms with van der Waals surface area (Å²) in [6.07, 6.45) is 8.64. The standard InChI is InChI=1S/C11H19NS/c1-3-5-7-10(6-4-2)11-8-12-9-13-11/h8-10H,3-7H2,1-2H3. The number of nitrogens with zero attached hydrogens (tertiary/aromatic N) is 1. The predicted molar refractivity (Wildman–Crippen MR) is 59.3 cm³/mol. The first kappa shape index (κ1) is 10.7. The molecule has 1 unspecified atom stereocenters. The molecule has 0 fully saturated rings. The molecular weight excluding hydrogens is 178 g/mol. The normalized spacial score (nSPS) is 13.1. The number of aromatic nitrogens is 1. The zero-order valence-electron chi connectivity index (χ0n) is 8.62. The highest BCUT2D eigenvalue weighted by Gasteiger charge is 2.10. The van der Waals surface area contributed by atoms with E-state index in [0.29, 0.717) is 0 Å². The Balaban J connectivity index is 2.47. The lowest BCUT2D eigenvalue weighted by molar-refractivity contribution is 0.547. The van der Waals surface area contributed by atoms with Crippen molar-refractivity contribution in [2.45, 2.75) is 51.9 Å². The van der Waals surface area contributed by atoms with E-state index in [1.807, 2.05) is 23.0 Å². The Morgan fingerprint density at radius 3 is 2.69 bits per heavy atom. The maximum absolute atomic E-state index is 4.15. The molecule has 13 heavy (non-hydrogen) atoms. The van der Waals surface area contributed by atoms with Crippen LogP contribution >= 0.6 is 11.3 Å². The molecule has 0 bridgehead atoms. The van der Waals surface area contributed by atoms with Crippen LogP contribution in [0.25, 0.3) is 0 Å². The largest absolute Gasteiger partial charge is 0.253 e. The fourth-order valence-corrected chi connectivity index (χ4v) is 2.45. The Labute approximate surface area is 85.2 Å². The van der Waals surface area contributed by atoms with Crippen molar-refractivity contribution in [1.29, 1.82) is 0 Å². The molecule has 0 aliphatic carbocycles. The topological polar surface area (TPSA) is 12.9 Å². The summed E-state index contributed by atoms with van der Waals surface area (Å²) >= 11 is 1.81. The molecule has 1 heterocycles. The predicted octanol–water partition coefficient (Wildman–Crippen LogP) is 4.22. The zero-order valence-corrected chi connectivity index (χ0v) is 9.44. The minimum Gasteiger partial charge on any atom is -0.253 e. The van der Waals surface area contributed by atoms with E-state index < -0.39 is 0 Å². The summed E-state index contributed by atoms with van der Waals surface area (Å²) in [4.78, 5) is 5.63. The van der Waals surface area contributed by atoms with Gasteiger partial charge >= 0.3 is 0 Å². The van der Waals surface area contributed by atoms with E-state index in [2.05, 4.69) is 18.8 Å². The van der Waals surface area contributed by atoms with Crippen molar-refractivity contribution in [3.8, 4) is 0 Å². The van der Waals surface area contributed by atoms with Crippen molar-refractivity contribution in [2.75, 3.05) is 0 Å². The van der Waals surface area contributed by atoms with Crippen molar-refractivity contribution in [3.05, 3.63) is 16.6 Å². The molecule has 0 aliphatic rings. The van der Waals surface area contributed by atoms with Gasteiger partial charge in [-0.1, -0.05) is 33.1 Å². The van der Waals surface area contributed by atoms with Crippen molar-refractivity contribution in [1.82, 2.24) is 4.98 Å². The lowest BCUT2D eigenvalue weighted by Crippen LogP contribution is -1.95. The third-order valence-corrected chi connectivity index (χ3v) is 3.34. The first-order valence-corrected chi connectivity index (χ1v) is 6.14. The summed E-state index contributed by atoms with van der Waals surface area (Å²) < 4.78 is 0. The summed E-state index contributed by atoms with van der Waals surface area (Å²) in [7, 11) is 0. The van der Waals surface area contributed by atoms with E-state index in [0.717, 1.165) is 5.92 Å². The highest BCUT2D eigenvalue weighted by molar-refractivity contribution is 7.09. The van der Waals surface area contributed by atoms with Crippen molar-refractivity contribution >= 4 is 11.3 Å². The average Bonchev–Trinajstić information content (AvgIpc) is 2.65. The molecule has 74 valence electrons. The molecule has 0 N–H and O–H groups in total. The number of hydrogen-bond donors (Lipinski definition) is 0. The molecule has 1 aromatic rings. The van der Waals surface area contributed by atoms with Crippen LogP contribution in [-0.4, -0.2) is 4.98 Å². The second kappa shape index (κ2) is 6.14. The van der Waals surface area contributed by atoms with Crippen molar-refractivity contribution < 1.29 is 0 Å². The fraction of sp³-hybridized carbons (Fsp3) is 0.727. The summed E-state index contributed by atoms with van der Waals surface area (Å²) in [5, 5.41) is 0. The van der Waals surface area contributed by atoms with Crippen molar-refractivity contribution in [3.63, 3.8) is 0 Å². The molecule has 0 aromatic carbocycles. The van der Waals surface area contributed by atoms with E-state index in [9.17, 15) is 0 Å². The average molecular weight is 197 g/mol. The van der Waals surface area contributed by atoms with Crippen LogP contribution in [0.15, 0.2) is 11.7 Å². The van der Waals surface area contributed by atoms with Crippen LogP contribution < -0.4 is 0 Å². The quantitative estimate of drug-likeness (QED) is 0.665. The Kier molecular flexibility index (Phi) is 5.06. The van der Waals surface area contributed by atoms with Gasteiger partial charge in [-0.3, -0.25) is 4.98 Å². The number of thiazole rings is 1. The van der Waals surface area contributed by atoms with Gasteiger partial charge in [-0.25, -0.2) is 0 Å². The van der Waals surface area contributed by atoms with E-state index >= 15 is 0 Å². The van der Waals surface area contributed by atoms with Crippen LogP contribution in [-0.2, 0) is 0 Å². The van der Waals surface area contributed by atoms with E-state index in [4.69, 9.17) is 0 Å². The van der Waals surface area contributed by atoms with E-state index in [1.54, 1.807) is 0 Å². The Bertz CT molecular complexity index is 206. The summed E-state index contributed by atoms with van der Waals surface area (Å²) in [6, 6.07) is 0. The Morgan fingerprint density at radius 2 is 2.15 bits per heavy atom. The fourth-order valence-electron chi connectivity index (χ4n) is 1.66. The first-order chi connectivity index (χ1) is 6.38. The molecule has 0 radical (unpaired) electrons. The van der Waals surface area contributed by atoms with Gasteiger partial charge in [0, 0.05) is 11.1 Å². The molecule has 0 spiro atoms. The molecule has 1 rings (SSSR count).